The van der Waals surface area contributed by atoms with Crippen molar-refractivity contribution in [2.24, 2.45) is 0 Å². The second kappa shape index (κ2) is 11.2. The number of benzene rings is 2. The van der Waals surface area contributed by atoms with Crippen molar-refractivity contribution in [3.05, 3.63) is 59.7 Å². The molecule has 2 rings (SSSR count). The maximum atomic E-state index is 12.9. The lowest BCUT2D eigenvalue weighted by Gasteiger charge is -2.28. The van der Waals surface area contributed by atoms with Crippen molar-refractivity contribution in [2.75, 3.05) is 0 Å². The van der Waals surface area contributed by atoms with Gasteiger partial charge in [-0.25, -0.2) is 9.59 Å². The maximum absolute atomic E-state index is 12.9. The summed E-state index contributed by atoms with van der Waals surface area (Å²) in [7, 11) is -4.28. The van der Waals surface area contributed by atoms with Gasteiger partial charge in [0.25, 0.3) is 0 Å². The van der Waals surface area contributed by atoms with Crippen molar-refractivity contribution in [1.82, 2.24) is 10.2 Å². The fourth-order valence-corrected chi connectivity index (χ4v) is 4.09. The zero-order chi connectivity index (χ0) is 24.8. The van der Waals surface area contributed by atoms with Gasteiger partial charge in [0.2, 0.25) is 0 Å². The van der Waals surface area contributed by atoms with Gasteiger partial charge in [0.15, 0.2) is 0 Å². The normalized spacial score (nSPS) is 11.5. The fraction of sp³-hybridized carbons (Fsp3) is 0.417. The Morgan fingerprint density at radius 1 is 0.939 bits per heavy atom. The standard InChI is InChI=1S/C24H32N2O6S/c1-16(2)25-24(28)26(17(3)4)15-19-11-13-20(14-12-19)32-33(29,30)22-10-8-7-9-21(22)23(27)31-18(5)6/h7-14,16-18H,15H2,1-6H3,(H,25,28). The van der Waals surface area contributed by atoms with Crippen molar-refractivity contribution in [3.8, 4) is 5.75 Å². The van der Waals surface area contributed by atoms with E-state index in [0.717, 1.165) is 5.56 Å². The van der Waals surface area contributed by atoms with Crippen molar-refractivity contribution in [1.29, 1.82) is 0 Å². The van der Waals surface area contributed by atoms with E-state index in [4.69, 9.17) is 8.92 Å². The molecule has 9 heteroatoms. The molecule has 0 aliphatic heterocycles. The first-order valence-corrected chi connectivity index (χ1v) is 12.2. The summed E-state index contributed by atoms with van der Waals surface area (Å²) in [5.41, 5.74) is 0.722. The van der Waals surface area contributed by atoms with Gasteiger partial charge in [0, 0.05) is 18.6 Å². The zero-order valence-corrected chi connectivity index (χ0v) is 20.7. The third kappa shape index (κ3) is 7.49. The zero-order valence-electron chi connectivity index (χ0n) is 19.9. The van der Waals surface area contributed by atoms with Gasteiger partial charge >= 0.3 is 22.1 Å². The average molecular weight is 477 g/mol. The van der Waals surface area contributed by atoms with Crippen LogP contribution in [0.2, 0.25) is 0 Å². The molecule has 0 radical (unpaired) electrons. The molecule has 0 atom stereocenters. The van der Waals surface area contributed by atoms with E-state index in [9.17, 15) is 18.0 Å². The molecule has 8 nitrogen and oxygen atoms in total. The molecule has 180 valence electrons. The smallest absolute Gasteiger partial charge is 0.340 e. The third-order valence-corrected chi connectivity index (χ3v) is 5.80. The lowest BCUT2D eigenvalue weighted by Crippen LogP contribution is -2.45. The van der Waals surface area contributed by atoms with Gasteiger partial charge in [-0.2, -0.15) is 8.42 Å². The predicted octanol–water partition coefficient (Wildman–Crippen LogP) is 4.35. The molecule has 2 aromatic carbocycles. The number of amides is 2. The summed E-state index contributed by atoms with van der Waals surface area (Å²) in [4.78, 5) is 26.2. The Morgan fingerprint density at radius 3 is 2.09 bits per heavy atom. The van der Waals surface area contributed by atoms with Gasteiger partial charge in [-0.05, 0) is 71.4 Å². The number of urea groups is 1. The number of nitrogens with one attached hydrogen (secondary N) is 1. The van der Waals surface area contributed by atoms with E-state index in [-0.39, 0.29) is 34.3 Å². The Kier molecular flexibility index (Phi) is 8.87. The van der Waals surface area contributed by atoms with E-state index < -0.39 is 22.2 Å². The van der Waals surface area contributed by atoms with Crippen molar-refractivity contribution < 1.29 is 26.9 Å². The first-order chi connectivity index (χ1) is 15.4. The molecule has 0 unspecified atom stereocenters. The summed E-state index contributed by atoms with van der Waals surface area (Å²) in [5, 5.41) is 2.88. The second-order valence-corrected chi connectivity index (χ2v) is 9.97. The van der Waals surface area contributed by atoms with E-state index in [2.05, 4.69) is 5.32 Å². The van der Waals surface area contributed by atoms with Crippen LogP contribution in [0.4, 0.5) is 4.79 Å². The minimum Gasteiger partial charge on any atom is -0.459 e. The molecule has 0 bridgehead atoms. The van der Waals surface area contributed by atoms with Crippen LogP contribution in [0.15, 0.2) is 53.4 Å². The van der Waals surface area contributed by atoms with Gasteiger partial charge in [-0.1, -0.05) is 24.3 Å². The van der Waals surface area contributed by atoms with Crippen LogP contribution in [-0.2, 0) is 21.4 Å². The van der Waals surface area contributed by atoms with Gasteiger partial charge in [-0.15, -0.1) is 0 Å². The van der Waals surface area contributed by atoms with Crippen molar-refractivity contribution >= 4 is 22.1 Å². The van der Waals surface area contributed by atoms with Crippen LogP contribution >= 0.6 is 0 Å². The quantitative estimate of drug-likeness (QED) is 0.426. The highest BCUT2D eigenvalue weighted by atomic mass is 32.2. The first-order valence-electron chi connectivity index (χ1n) is 10.8. The van der Waals surface area contributed by atoms with Crippen LogP contribution in [0.1, 0.15) is 57.5 Å². The van der Waals surface area contributed by atoms with Crippen LogP contribution in [0, 0.1) is 0 Å². The van der Waals surface area contributed by atoms with Crippen LogP contribution in [0.25, 0.3) is 0 Å². The van der Waals surface area contributed by atoms with Crippen LogP contribution in [0.3, 0.4) is 0 Å². The number of nitrogens with zero attached hydrogens (tertiary/aromatic N) is 1. The van der Waals surface area contributed by atoms with Crippen molar-refractivity contribution in [3.63, 3.8) is 0 Å². The second-order valence-electron chi connectivity index (χ2n) is 8.46. The summed E-state index contributed by atoms with van der Waals surface area (Å²) in [6.07, 6.45) is -0.394. The summed E-state index contributed by atoms with van der Waals surface area (Å²) in [6.45, 7) is 11.3. The topological polar surface area (TPSA) is 102 Å². The van der Waals surface area contributed by atoms with Gasteiger partial charge < -0.3 is 19.1 Å². The van der Waals surface area contributed by atoms with Crippen molar-refractivity contribution in [2.45, 2.75) is 71.2 Å². The monoisotopic (exact) mass is 476 g/mol. The molecule has 0 saturated heterocycles. The molecule has 0 fully saturated rings. The fourth-order valence-electron chi connectivity index (χ4n) is 2.97. The molecular weight excluding hydrogens is 444 g/mol. The molecule has 2 amide bonds. The number of hydrogen-bond acceptors (Lipinski definition) is 6. The van der Waals surface area contributed by atoms with E-state index >= 15 is 0 Å². The summed E-state index contributed by atoms with van der Waals surface area (Å²) in [5.74, 6) is -0.648. The third-order valence-electron chi connectivity index (χ3n) is 4.50. The lowest BCUT2D eigenvalue weighted by molar-refractivity contribution is 0.0373. The molecule has 0 aromatic heterocycles. The minimum absolute atomic E-state index is 0.0143. The van der Waals surface area contributed by atoms with E-state index in [0.29, 0.717) is 6.54 Å². The largest absolute Gasteiger partial charge is 0.459 e. The molecule has 0 spiro atoms. The van der Waals surface area contributed by atoms with Gasteiger partial charge in [-0.3, -0.25) is 0 Å². The number of carbonyl (C=O) groups is 2. The van der Waals surface area contributed by atoms with Crippen LogP contribution in [-0.4, -0.2) is 43.5 Å². The van der Waals surface area contributed by atoms with Crippen LogP contribution in [0.5, 0.6) is 5.75 Å². The lowest BCUT2D eigenvalue weighted by atomic mass is 10.2. The van der Waals surface area contributed by atoms with Gasteiger partial charge in [0.1, 0.15) is 10.6 Å². The number of esters is 1. The first kappa shape index (κ1) is 26.2. The highest BCUT2D eigenvalue weighted by Gasteiger charge is 2.25. The number of carbonyl (C=O) groups excluding carboxylic acids is 2. The van der Waals surface area contributed by atoms with Gasteiger partial charge in [0.05, 0.1) is 11.7 Å². The Labute approximate surface area is 196 Å². The molecular formula is C24H32N2O6S. The highest BCUT2D eigenvalue weighted by molar-refractivity contribution is 7.87. The number of rotatable bonds is 9. The molecule has 0 saturated carbocycles. The Morgan fingerprint density at radius 2 is 1.55 bits per heavy atom. The SMILES string of the molecule is CC(C)NC(=O)N(Cc1ccc(OS(=O)(=O)c2ccccc2C(=O)OC(C)C)cc1)C(C)C. The predicted molar refractivity (Wildman–Crippen MR) is 126 cm³/mol. The van der Waals surface area contributed by atoms with Crippen LogP contribution < -0.4 is 9.50 Å². The Bertz CT molecular complexity index is 1060. The van der Waals surface area contributed by atoms with E-state index in [1.807, 2.05) is 27.7 Å². The molecule has 0 heterocycles. The highest BCUT2D eigenvalue weighted by Crippen LogP contribution is 2.23. The summed E-state index contributed by atoms with van der Waals surface area (Å²) in [6, 6.07) is 12.0. The van der Waals surface area contributed by atoms with E-state index in [1.165, 1.54) is 30.3 Å². The molecule has 2 aromatic rings. The molecule has 1 N–H and O–H groups in total. The molecule has 0 aliphatic carbocycles. The minimum atomic E-state index is -4.28. The molecule has 33 heavy (non-hydrogen) atoms. The van der Waals surface area contributed by atoms with E-state index in [1.54, 1.807) is 36.9 Å². The Hall–Kier alpha value is -3.07. The summed E-state index contributed by atoms with van der Waals surface area (Å²) < 4.78 is 36.1. The average Bonchev–Trinajstić information content (AvgIpc) is 2.71. The number of ether oxygens (including phenoxy) is 1. The summed E-state index contributed by atoms with van der Waals surface area (Å²) >= 11 is 0. The molecule has 0 aliphatic rings. The number of hydrogen-bond donors (Lipinski definition) is 1. The maximum Gasteiger partial charge on any atom is 0.340 e. The Balaban J connectivity index is 2.19.